The van der Waals surface area contributed by atoms with Crippen LogP contribution in [0.5, 0.6) is 0 Å². The first-order chi connectivity index (χ1) is 5.45. The van der Waals surface area contributed by atoms with E-state index in [1.807, 2.05) is 21.1 Å². The summed E-state index contributed by atoms with van der Waals surface area (Å²) in [7, 11) is 8.72. The smallest absolute Gasteiger partial charge is 0.126 e. The van der Waals surface area contributed by atoms with E-state index in [1.165, 1.54) is 0 Å². The highest BCUT2D eigenvalue weighted by atomic mass is 35.5. The minimum atomic E-state index is -0.343. The minimum Gasteiger partial charge on any atom is -1.00 e. The van der Waals surface area contributed by atoms with E-state index in [9.17, 15) is 5.11 Å². The van der Waals surface area contributed by atoms with Gasteiger partial charge < -0.3 is 31.8 Å². The number of hydrogen-bond donors (Lipinski definition) is 2. The average molecular weight is 216 g/mol. The topological polar surface area (TPSA) is 49.7 Å². The van der Waals surface area contributed by atoms with Gasteiger partial charge in [0.2, 0.25) is 0 Å². The zero-order chi connectivity index (χ0) is 10.2. The van der Waals surface area contributed by atoms with Crippen LogP contribution in [-0.4, -0.2) is 69.3 Å². The highest BCUT2D eigenvalue weighted by molar-refractivity contribution is 4.49. The van der Waals surface area contributed by atoms with E-state index in [0.29, 0.717) is 6.61 Å². The zero-order valence-electron chi connectivity index (χ0n) is 9.12. The molecular weight excluding hydrogens is 194 g/mol. The Balaban J connectivity index is -0.000000309. The lowest BCUT2D eigenvalue weighted by Gasteiger charge is -2.26. The lowest BCUT2D eigenvalue weighted by atomic mass is 10.3. The standard InChI is InChI=1S/C7H18NO2.CH4O.ClH/c1-8(2,3)5-7(9)6-10-4;1-2;/h7,9H,5-6H2,1-4H3;2H,1H3;1H/q+1;;/p-1. The third-order valence-corrected chi connectivity index (χ3v) is 1.12. The number of aliphatic hydroxyl groups is 2. The lowest BCUT2D eigenvalue weighted by molar-refractivity contribution is -0.873. The van der Waals surface area contributed by atoms with Crippen LogP contribution in [0.1, 0.15) is 0 Å². The number of quaternary nitrogens is 1. The maximum absolute atomic E-state index is 9.24. The molecule has 0 rings (SSSR count). The fourth-order valence-electron chi connectivity index (χ4n) is 0.877. The number of hydrogen-bond acceptors (Lipinski definition) is 3. The monoisotopic (exact) mass is 215 g/mol. The Bertz CT molecular complexity index is 95.9. The second-order valence-electron chi connectivity index (χ2n) is 3.58. The summed E-state index contributed by atoms with van der Waals surface area (Å²) in [5, 5.41) is 16.2. The average Bonchev–Trinajstić information content (AvgIpc) is 1.88. The van der Waals surface area contributed by atoms with Gasteiger partial charge in [0.15, 0.2) is 0 Å². The van der Waals surface area contributed by atoms with Crippen molar-refractivity contribution in [2.24, 2.45) is 0 Å². The van der Waals surface area contributed by atoms with E-state index in [-0.39, 0.29) is 18.5 Å². The third kappa shape index (κ3) is 18.8. The predicted molar refractivity (Wildman–Crippen MR) is 48.9 cm³/mol. The fourth-order valence-corrected chi connectivity index (χ4v) is 0.877. The van der Waals surface area contributed by atoms with Crippen LogP contribution in [-0.2, 0) is 4.74 Å². The molecule has 13 heavy (non-hydrogen) atoms. The Morgan fingerprint density at radius 3 is 1.85 bits per heavy atom. The molecule has 0 radical (unpaired) electrons. The van der Waals surface area contributed by atoms with Gasteiger partial charge in [0, 0.05) is 14.2 Å². The summed E-state index contributed by atoms with van der Waals surface area (Å²) >= 11 is 0. The summed E-state index contributed by atoms with van der Waals surface area (Å²) in [5.41, 5.74) is 0. The van der Waals surface area contributed by atoms with Crippen molar-refractivity contribution >= 4 is 0 Å². The normalized spacial score (nSPS) is 12.2. The molecule has 4 nitrogen and oxygen atoms in total. The Kier molecular flexibility index (Phi) is 14.8. The Labute approximate surface area is 87.1 Å². The summed E-state index contributed by atoms with van der Waals surface area (Å²) in [4.78, 5) is 0. The SMILES string of the molecule is CO.COCC(O)C[N+](C)(C)C.[Cl-]. The van der Waals surface area contributed by atoms with Crippen LogP contribution in [0.2, 0.25) is 0 Å². The summed E-state index contributed by atoms with van der Waals surface area (Å²) in [6, 6.07) is 0. The van der Waals surface area contributed by atoms with Crippen molar-refractivity contribution in [1.82, 2.24) is 0 Å². The second kappa shape index (κ2) is 10.2. The maximum Gasteiger partial charge on any atom is 0.126 e. The van der Waals surface area contributed by atoms with Gasteiger partial charge in [0.05, 0.1) is 27.7 Å². The molecule has 0 saturated heterocycles. The van der Waals surface area contributed by atoms with Crippen LogP contribution >= 0.6 is 0 Å². The van der Waals surface area contributed by atoms with Gasteiger partial charge in [-0.1, -0.05) is 0 Å². The largest absolute Gasteiger partial charge is 1.00 e. The lowest BCUT2D eigenvalue weighted by Crippen LogP contribution is -3.00. The molecule has 2 N–H and O–H groups in total. The van der Waals surface area contributed by atoms with Crippen molar-refractivity contribution in [2.45, 2.75) is 6.10 Å². The highest BCUT2D eigenvalue weighted by Crippen LogP contribution is 1.94. The number of methoxy groups -OCH3 is 1. The molecule has 5 heteroatoms. The van der Waals surface area contributed by atoms with Crippen molar-refractivity contribution in [1.29, 1.82) is 0 Å². The van der Waals surface area contributed by atoms with Crippen LogP contribution in [0.15, 0.2) is 0 Å². The van der Waals surface area contributed by atoms with Crippen molar-refractivity contribution in [2.75, 3.05) is 48.5 Å². The molecule has 0 fully saturated rings. The summed E-state index contributed by atoms with van der Waals surface area (Å²) in [6.45, 7) is 1.16. The summed E-state index contributed by atoms with van der Waals surface area (Å²) < 4.78 is 5.56. The Morgan fingerprint density at radius 2 is 1.62 bits per heavy atom. The molecule has 84 valence electrons. The zero-order valence-corrected chi connectivity index (χ0v) is 9.88. The van der Waals surface area contributed by atoms with Crippen molar-refractivity contribution in [3.05, 3.63) is 0 Å². The van der Waals surface area contributed by atoms with Crippen LogP contribution in [0.25, 0.3) is 0 Å². The molecule has 0 aliphatic heterocycles. The molecule has 0 aromatic carbocycles. The quantitative estimate of drug-likeness (QED) is 0.475. The molecule has 1 atom stereocenters. The number of ether oxygens (including phenoxy) is 1. The van der Waals surface area contributed by atoms with Gasteiger partial charge in [0.25, 0.3) is 0 Å². The first-order valence-electron chi connectivity index (χ1n) is 3.88. The van der Waals surface area contributed by atoms with Crippen molar-refractivity contribution < 1.29 is 31.8 Å². The molecule has 0 saturated carbocycles. The number of rotatable bonds is 4. The van der Waals surface area contributed by atoms with E-state index in [4.69, 9.17) is 9.84 Å². The van der Waals surface area contributed by atoms with Crippen LogP contribution in [0.4, 0.5) is 0 Å². The van der Waals surface area contributed by atoms with Crippen molar-refractivity contribution in [3.63, 3.8) is 0 Å². The van der Waals surface area contributed by atoms with Gasteiger partial charge >= 0.3 is 0 Å². The maximum atomic E-state index is 9.24. The van der Waals surface area contributed by atoms with E-state index in [0.717, 1.165) is 18.1 Å². The van der Waals surface area contributed by atoms with Gasteiger partial charge in [-0.25, -0.2) is 0 Å². The Morgan fingerprint density at radius 1 is 1.23 bits per heavy atom. The predicted octanol–water partition coefficient (Wildman–Crippen LogP) is -3.69. The third-order valence-electron chi connectivity index (χ3n) is 1.12. The van der Waals surface area contributed by atoms with Crippen molar-refractivity contribution in [3.8, 4) is 0 Å². The van der Waals surface area contributed by atoms with E-state index >= 15 is 0 Å². The molecule has 0 aliphatic rings. The molecule has 0 spiro atoms. The number of aliphatic hydroxyl groups excluding tert-OH is 2. The van der Waals surface area contributed by atoms with E-state index in [2.05, 4.69) is 0 Å². The van der Waals surface area contributed by atoms with Gasteiger partial charge in [0.1, 0.15) is 12.6 Å². The molecule has 0 bridgehead atoms. The molecule has 0 heterocycles. The van der Waals surface area contributed by atoms with Crippen LogP contribution in [0, 0.1) is 0 Å². The van der Waals surface area contributed by atoms with E-state index in [1.54, 1.807) is 7.11 Å². The van der Waals surface area contributed by atoms with Crippen LogP contribution in [0.3, 0.4) is 0 Å². The van der Waals surface area contributed by atoms with Crippen LogP contribution < -0.4 is 12.4 Å². The van der Waals surface area contributed by atoms with E-state index < -0.39 is 0 Å². The van der Waals surface area contributed by atoms with Gasteiger partial charge in [-0.2, -0.15) is 0 Å². The molecule has 1 unspecified atom stereocenters. The molecule has 0 aromatic heterocycles. The number of nitrogens with zero attached hydrogens (tertiary/aromatic N) is 1. The fraction of sp³-hybridized carbons (Fsp3) is 1.00. The second-order valence-corrected chi connectivity index (χ2v) is 3.58. The molecular formula is C8H22ClNO3. The molecule has 0 aromatic rings. The number of halogens is 1. The first-order valence-corrected chi connectivity index (χ1v) is 3.88. The van der Waals surface area contributed by atoms with Gasteiger partial charge in [-0.05, 0) is 0 Å². The highest BCUT2D eigenvalue weighted by Gasteiger charge is 2.14. The molecule has 0 aliphatic carbocycles. The summed E-state index contributed by atoms with van der Waals surface area (Å²) in [6.07, 6.45) is -0.343. The number of likely N-dealkylation sites (N-methyl/N-ethyl adjacent to an activating group) is 1. The Hall–Kier alpha value is 0.130. The van der Waals surface area contributed by atoms with Gasteiger partial charge in [-0.15, -0.1) is 0 Å². The minimum absolute atomic E-state index is 0. The summed E-state index contributed by atoms with van der Waals surface area (Å²) in [5.74, 6) is 0. The molecule has 0 amide bonds. The first kappa shape index (κ1) is 18.8. The van der Waals surface area contributed by atoms with Gasteiger partial charge in [-0.3, -0.25) is 0 Å².